The van der Waals surface area contributed by atoms with Gasteiger partial charge in [-0.3, -0.25) is 9.59 Å². The predicted molar refractivity (Wildman–Crippen MR) is 61.0 cm³/mol. The summed E-state index contributed by atoms with van der Waals surface area (Å²) in [7, 11) is 0. The van der Waals surface area contributed by atoms with Crippen LogP contribution in [-0.4, -0.2) is 35.0 Å². The van der Waals surface area contributed by atoms with E-state index in [-0.39, 0.29) is 18.4 Å². The number of hydrogen-bond donors (Lipinski definition) is 1. The number of carboxylic acids is 1. The van der Waals surface area contributed by atoms with Gasteiger partial charge in [-0.05, 0) is 18.8 Å². The second-order valence-electron chi connectivity index (χ2n) is 4.99. The smallest absolute Gasteiger partial charge is 0.323 e. The van der Waals surface area contributed by atoms with Crippen LogP contribution < -0.4 is 0 Å². The van der Waals surface area contributed by atoms with Crippen molar-refractivity contribution in [3.8, 4) is 0 Å². The highest BCUT2D eigenvalue weighted by Gasteiger charge is 2.28. The summed E-state index contributed by atoms with van der Waals surface area (Å²) in [6.07, 6.45) is 4.04. The van der Waals surface area contributed by atoms with Gasteiger partial charge in [-0.25, -0.2) is 0 Å². The molecule has 0 unspecified atom stereocenters. The lowest BCUT2D eigenvalue weighted by atomic mass is 10.1. The van der Waals surface area contributed by atoms with E-state index in [0.717, 1.165) is 25.7 Å². The van der Waals surface area contributed by atoms with Crippen molar-refractivity contribution in [1.29, 1.82) is 0 Å². The van der Waals surface area contributed by atoms with E-state index in [1.165, 1.54) is 4.90 Å². The van der Waals surface area contributed by atoms with Crippen molar-refractivity contribution >= 4 is 11.9 Å². The Labute approximate surface area is 96.6 Å². The Morgan fingerprint density at radius 1 is 1.31 bits per heavy atom. The second-order valence-corrected chi connectivity index (χ2v) is 4.99. The van der Waals surface area contributed by atoms with E-state index in [1.807, 2.05) is 13.8 Å². The lowest BCUT2D eigenvalue weighted by Crippen LogP contribution is -2.41. The molecule has 0 spiro atoms. The average Bonchev–Trinajstić information content (AvgIpc) is 2.66. The lowest BCUT2D eigenvalue weighted by molar-refractivity contribution is -0.146. The zero-order valence-corrected chi connectivity index (χ0v) is 10.1. The highest BCUT2D eigenvalue weighted by atomic mass is 16.4. The minimum absolute atomic E-state index is 0.0357. The molecule has 1 saturated carbocycles. The summed E-state index contributed by atoms with van der Waals surface area (Å²) >= 11 is 0. The predicted octanol–water partition coefficient (Wildman–Crippen LogP) is 1.75. The maximum absolute atomic E-state index is 12.1. The highest BCUT2D eigenvalue weighted by Crippen LogP contribution is 2.26. The summed E-state index contributed by atoms with van der Waals surface area (Å²) in [4.78, 5) is 24.3. The van der Waals surface area contributed by atoms with Gasteiger partial charge < -0.3 is 10.0 Å². The molecule has 0 aromatic carbocycles. The summed E-state index contributed by atoms with van der Waals surface area (Å²) in [5.41, 5.74) is 0. The van der Waals surface area contributed by atoms with Crippen LogP contribution in [0.15, 0.2) is 0 Å². The molecule has 92 valence electrons. The number of carbonyl (C=O) groups is 2. The Bertz CT molecular complexity index is 257. The summed E-state index contributed by atoms with van der Waals surface area (Å²) in [5, 5.41) is 8.79. The third-order valence-electron chi connectivity index (χ3n) is 2.93. The normalized spacial score (nSPS) is 16.7. The fourth-order valence-corrected chi connectivity index (χ4v) is 2.27. The zero-order valence-electron chi connectivity index (χ0n) is 10.1. The van der Waals surface area contributed by atoms with Crippen LogP contribution in [0.2, 0.25) is 0 Å². The minimum atomic E-state index is -0.924. The third kappa shape index (κ3) is 3.83. The molecule has 0 atom stereocenters. The molecule has 1 amide bonds. The van der Waals surface area contributed by atoms with Gasteiger partial charge in [0.1, 0.15) is 6.54 Å². The van der Waals surface area contributed by atoms with Crippen molar-refractivity contribution < 1.29 is 14.7 Å². The number of nitrogens with zero attached hydrogens (tertiary/aromatic N) is 1. The lowest BCUT2D eigenvalue weighted by Gasteiger charge is -2.25. The summed E-state index contributed by atoms with van der Waals surface area (Å²) in [5.74, 6) is -0.511. The number of carboxylic acid groups (broad SMARTS) is 1. The molecular weight excluding hydrogens is 206 g/mol. The Morgan fingerprint density at radius 3 is 2.31 bits per heavy atom. The van der Waals surface area contributed by atoms with Crippen LogP contribution in [0.3, 0.4) is 0 Å². The molecule has 0 heterocycles. The number of carbonyl (C=O) groups excluding carboxylic acids is 1. The molecule has 1 N–H and O–H groups in total. The van der Waals surface area contributed by atoms with Crippen LogP contribution in [0.1, 0.15) is 39.5 Å². The third-order valence-corrected chi connectivity index (χ3v) is 2.93. The Morgan fingerprint density at radius 2 is 1.88 bits per heavy atom. The van der Waals surface area contributed by atoms with Gasteiger partial charge in [0.25, 0.3) is 0 Å². The van der Waals surface area contributed by atoms with Gasteiger partial charge >= 0.3 is 5.97 Å². The molecule has 0 aromatic heterocycles. The number of aliphatic carboxylic acids is 1. The van der Waals surface area contributed by atoms with E-state index in [4.69, 9.17) is 5.11 Å². The van der Waals surface area contributed by atoms with Gasteiger partial charge in [0.05, 0.1) is 0 Å². The quantitative estimate of drug-likeness (QED) is 0.778. The van der Waals surface area contributed by atoms with Crippen LogP contribution in [0.4, 0.5) is 0 Å². The van der Waals surface area contributed by atoms with Crippen molar-refractivity contribution in [1.82, 2.24) is 4.90 Å². The largest absolute Gasteiger partial charge is 0.480 e. The molecule has 4 heteroatoms. The first-order chi connectivity index (χ1) is 7.50. The first kappa shape index (κ1) is 13.0. The van der Waals surface area contributed by atoms with Gasteiger partial charge in [0.15, 0.2) is 0 Å². The van der Waals surface area contributed by atoms with E-state index in [2.05, 4.69) is 0 Å². The van der Waals surface area contributed by atoms with E-state index in [0.29, 0.717) is 12.5 Å². The van der Waals surface area contributed by atoms with Crippen LogP contribution in [0, 0.1) is 11.8 Å². The molecule has 0 aromatic rings. The summed E-state index contributed by atoms with van der Waals surface area (Å²) in [6.45, 7) is 4.38. The Kier molecular flexibility index (Phi) is 4.77. The molecule has 0 aliphatic heterocycles. The van der Waals surface area contributed by atoms with Crippen molar-refractivity contribution in [3.05, 3.63) is 0 Å². The maximum atomic E-state index is 12.1. The highest BCUT2D eigenvalue weighted by molar-refractivity contribution is 5.83. The molecule has 1 rings (SSSR count). The fraction of sp³-hybridized carbons (Fsp3) is 0.833. The Balaban J connectivity index is 2.58. The number of hydrogen-bond acceptors (Lipinski definition) is 2. The van der Waals surface area contributed by atoms with E-state index in [1.54, 1.807) is 0 Å². The van der Waals surface area contributed by atoms with Crippen LogP contribution in [-0.2, 0) is 9.59 Å². The van der Waals surface area contributed by atoms with E-state index in [9.17, 15) is 9.59 Å². The fourth-order valence-electron chi connectivity index (χ4n) is 2.27. The molecule has 1 aliphatic rings. The Hall–Kier alpha value is -1.06. The standard InChI is InChI=1S/C12H21NO3/c1-9(2)7-13(8-11(14)15)12(16)10-5-3-4-6-10/h9-10H,3-8H2,1-2H3,(H,14,15). The van der Waals surface area contributed by atoms with Gasteiger partial charge in [-0.2, -0.15) is 0 Å². The SMILES string of the molecule is CC(C)CN(CC(=O)O)C(=O)C1CCCC1. The maximum Gasteiger partial charge on any atom is 0.323 e. The van der Waals surface area contributed by atoms with E-state index >= 15 is 0 Å². The molecule has 16 heavy (non-hydrogen) atoms. The number of amides is 1. The first-order valence-corrected chi connectivity index (χ1v) is 6.01. The molecule has 4 nitrogen and oxygen atoms in total. The first-order valence-electron chi connectivity index (χ1n) is 6.01. The monoisotopic (exact) mass is 227 g/mol. The average molecular weight is 227 g/mol. The summed E-state index contributed by atoms with van der Waals surface area (Å²) < 4.78 is 0. The van der Waals surface area contributed by atoms with Crippen LogP contribution in [0.25, 0.3) is 0 Å². The van der Waals surface area contributed by atoms with Gasteiger partial charge in [-0.1, -0.05) is 26.7 Å². The van der Waals surface area contributed by atoms with Gasteiger partial charge in [-0.15, -0.1) is 0 Å². The van der Waals surface area contributed by atoms with Crippen molar-refractivity contribution in [2.24, 2.45) is 11.8 Å². The van der Waals surface area contributed by atoms with Crippen molar-refractivity contribution in [2.75, 3.05) is 13.1 Å². The zero-order chi connectivity index (χ0) is 12.1. The number of rotatable bonds is 5. The molecule has 1 fully saturated rings. The van der Waals surface area contributed by atoms with Gasteiger partial charge in [0.2, 0.25) is 5.91 Å². The van der Waals surface area contributed by atoms with Crippen LogP contribution in [0.5, 0.6) is 0 Å². The summed E-state index contributed by atoms with van der Waals surface area (Å²) in [6, 6.07) is 0. The topological polar surface area (TPSA) is 57.6 Å². The van der Waals surface area contributed by atoms with Crippen molar-refractivity contribution in [2.45, 2.75) is 39.5 Å². The van der Waals surface area contributed by atoms with Gasteiger partial charge in [0, 0.05) is 12.5 Å². The minimum Gasteiger partial charge on any atom is -0.480 e. The van der Waals surface area contributed by atoms with E-state index < -0.39 is 5.97 Å². The van der Waals surface area contributed by atoms with Crippen LogP contribution >= 0.6 is 0 Å². The molecule has 1 aliphatic carbocycles. The molecular formula is C12H21NO3. The molecule has 0 saturated heterocycles. The second kappa shape index (κ2) is 5.87. The molecule has 0 radical (unpaired) electrons. The molecule has 0 bridgehead atoms. The van der Waals surface area contributed by atoms with Crippen molar-refractivity contribution in [3.63, 3.8) is 0 Å².